The van der Waals surface area contributed by atoms with E-state index in [1.165, 1.54) is 12.1 Å². The molecule has 4 aromatic rings. The summed E-state index contributed by atoms with van der Waals surface area (Å²) in [4.78, 5) is 17.8. The summed E-state index contributed by atoms with van der Waals surface area (Å²) in [5.74, 6) is 0.237. The standard InChI is InChI=1S/C23H17FN2O/c1-16-5-4-6-19(15-16)26-22(14-11-17-9-12-18(24)13-10-17)25-21-8-3-2-7-20(21)23(26)27/h2-15H,1H3. The topological polar surface area (TPSA) is 34.9 Å². The van der Waals surface area contributed by atoms with E-state index in [2.05, 4.69) is 4.98 Å². The lowest BCUT2D eigenvalue weighted by Crippen LogP contribution is -2.22. The zero-order chi connectivity index (χ0) is 18.8. The largest absolute Gasteiger partial charge is 0.268 e. The third-order valence-electron chi connectivity index (χ3n) is 4.36. The summed E-state index contributed by atoms with van der Waals surface area (Å²) in [7, 11) is 0. The van der Waals surface area contributed by atoms with Crippen molar-refractivity contribution < 1.29 is 4.39 Å². The van der Waals surface area contributed by atoms with Crippen LogP contribution in [0.4, 0.5) is 4.39 Å². The van der Waals surface area contributed by atoms with Gasteiger partial charge in [-0.1, -0.05) is 42.5 Å². The van der Waals surface area contributed by atoms with E-state index in [0.717, 1.165) is 16.8 Å². The number of para-hydroxylation sites is 1. The van der Waals surface area contributed by atoms with Crippen molar-refractivity contribution >= 4 is 23.1 Å². The number of nitrogens with zero attached hydrogens (tertiary/aromatic N) is 2. The number of hydrogen-bond acceptors (Lipinski definition) is 2. The van der Waals surface area contributed by atoms with Gasteiger partial charge in [0, 0.05) is 0 Å². The molecule has 0 atom stereocenters. The second kappa shape index (κ2) is 7.00. The number of aryl methyl sites for hydroxylation is 1. The van der Waals surface area contributed by atoms with Crippen LogP contribution in [-0.4, -0.2) is 9.55 Å². The van der Waals surface area contributed by atoms with Gasteiger partial charge in [0.25, 0.3) is 5.56 Å². The fourth-order valence-corrected chi connectivity index (χ4v) is 3.02. The van der Waals surface area contributed by atoms with E-state index in [4.69, 9.17) is 0 Å². The number of halogens is 1. The normalized spacial score (nSPS) is 11.3. The van der Waals surface area contributed by atoms with E-state index in [1.54, 1.807) is 28.8 Å². The van der Waals surface area contributed by atoms with Crippen molar-refractivity contribution in [3.8, 4) is 5.69 Å². The van der Waals surface area contributed by atoms with Crippen molar-refractivity contribution in [1.82, 2.24) is 9.55 Å². The molecule has 0 N–H and O–H groups in total. The van der Waals surface area contributed by atoms with Gasteiger partial charge >= 0.3 is 0 Å². The van der Waals surface area contributed by atoms with E-state index in [-0.39, 0.29) is 11.4 Å². The summed E-state index contributed by atoms with van der Waals surface area (Å²) in [5.41, 5.74) is 3.17. The number of aromatic nitrogens is 2. The Balaban J connectivity index is 1.93. The molecule has 0 saturated heterocycles. The van der Waals surface area contributed by atoms with Crippen molar-refractivity contribution in [3.05, 3.63) is 106 Å². The van der Waals surface area contributed by atoms with Gasteiger partial charge < -0.3 is 0 Å². The predicted octanol–water partition coefficient (Wildman–Crippen LogP) is 5.00. The first-order valence-electron chi connectivity index (χ1n) is 8.64. The maximum absolute atomic E-state index is 13.2. The highest BCUT2D eigenvalue weighted by Gasteiger charge is 2.11. The summed E-state index contributed by atoms with van der Waals surface area (Å²) in [6, 6.07) is 21.2. The summed E-state index contributed by atoms with van der Waals surface area (Å²) in [6.07, 6.45) is 3.60. The molecule has 0 fully saturated rings. The Morgan fingerprint density at radius 3 is 2.48 bits per heavy atom. The molecule has 4 heteroatoms. The van der Waals surface area contributed by atoms with Gasteiger partial charge in [-0.05, 0) is 60.5 Å². The minimum Gasteiger partial charge on any atom is -0.268 e. The fourth-order valence-electron chi connectivity index (χ4n) is 3.02. The van der Waals surface area contributed by atoms with E-state index >= 15 is 0 Å². The lowest BCUT2D eigenvalue weighted by Gasteiger charge is -2.12. The zero-order valence-corrected chi connectivity index (χ0v) is 14.8. The molecule has 0 amide bonds. The molecule has 3 nitrogen and oxygen atoms in total. The average Bonchev–Trinajstić information content (AvgIpc) is 2.68. The maximum Gasteiger partial charge on any atom is 0.266 e. The average molecular weight is 356 g/mol. The van der Waals surface area contributed by atoms with Crippen LogP contribution in [0, 0.1) is 12.7 Å². The van der Waals surface area contributed by atoms with E-state index < -0.39 is 0 Å². The van der Waals surface area contributed by atoms with Gasteiger partial charge in [0.1, 0.15) is 11.6 Å². The Hall–Kier alpha value is -3.53. The quantitative estimate of drug-likeness (QED) is 0.517. The van der Waals surface area contributed by atoms with Gasteiger partial charge in [-0.3, -0.25) is 9.36 Å². The molecule has 0 saturated carbocycles. The first-order chi connectivity index (χ1) is 13.1. The monoisotopic (exact) mass is 356 g/mol. The highest BCUT2D eigenvalue weighted by molar-refractivity contribution is 5.80. The van der Waals surface area contributed by atoms with Gasteiger partial charge in [0.05, 0.1) is 16.6 Å². The smallest absolute Gasteiger partial charge is 0.266 e. The molecular weight excluding hydrogens is 339 g/mol. The Bertz CT molecular complexity index is 1210. The SMILES string of the molecule is Cc1cccc(-n2c(C=Cc3ccc(F)cc3)nc3ccccc3c2=O)c1. The van der Waals surface area contributed by atoms with Gasteiger partial charge in [-0.2, -0.15) is 0 Å². The summed E-state index contributed by atoms with van der Waals surface area (Å²) >= 11 is 0. The molecule has 132 valence electrons. The molecule has 0 unspecified atom stereocenters. The van der Waals surface area contributed by atoms with Crippen molar-refractivity contribution in [2.45, 2.75) is 6.92 Å². The highest BCUT2D eigenvalue weighted by atomic mass is 19.1. The van der Waals surface area contributed by atoms with Crippen LogP contribution >= 0.6 is 0 Å². The minimum absolute atomic E-state index is 0.120. The summed E-state index contributed by atoms with van der Waals surface area (Å²) < 4.78 is 14.7. The highest BCUT2D eigenvalue weighted by Crippen LogP contribution is 2.16. The summed E-state index contributed by atoms with van der Waals surface area (Å²) in [6.45, 7) is 1.98. The first-order valence-corrected chi connectivity index (χ1v) is 8.64. The van der Waals surface area contributed by atoms with Crippen LogP contribution < -0.4 is 5.56 Å². The van der Waals surface area contributed by atoms with E-state index in [9.17, 15) is 9.18 Å². The number of benzene rings is 3. The van der Waals surface area contributed by atoms with Crippen LogP contribution in [-0.2, 0) is 0 Å². The third-order valence-corrected chi connectivity index (χ3v) is 4.36. The third kappa shape index (κ3) is 3.42. The van der Waals surface area contributed by atoms with E-state index in [0.29, 0.717) is 16.7 Å². The second-order valence-electron chi connectivity index (χ2n) is 6.35. The predicted molar refractivity (Wildman–Crippen MR) is 107 cm³/mol. The van der Waals surface area contributed by atoms with Crippen molar-refractivity contribution in [3.63, 3.8) is 0 Å². The minimum atomic E-state index is -0.285. The molecule has 0 bridgehead atoms. The van der Waals surface area contributed by atoms with Gasteiger partial charge in [-0.15, -0.1) is 0 Å². The maximum atomic E-state index is 13.2. The van der Waals surface area contributed by atoms with Crippen molar-refractivity contribution in [1.29, 1.82) is 0 Å². The Labute approximate surface area is 156 Å². The first kappa shape index (κ1) is 16.9. The number of fused-ring (bicyclic) bond motifs is 1. The fraction of sp³-hybridized carbons (Fsp3) is 0.0435. The van der Waals surface area contributed by atoms with Gasteiger partial charge in [0.2, 0.25) is 0 Å². The molecule has 27 heavy (non-hydrogen) atoms. The lowest BCUT2D eigenvalue weighted by molar-refractivity contribution is 0.628. The molecule has 0 aliphatic rings. The molecule has 3 aromatic carbocycles. The van der Waals surface area contributed by atoms with Crippen molar-refractivity contribution in [2.75, 3.05) is 0 Å². The number of hydrogen-bond donors (Lipinski definition) is 0. The van der Waals surface area contributed by atoms with Crippen LogP contribution in [0.1, 0.15) is 17.0 Å². The Kier molecular flexibility index (Phi) is 4.38. The van der Waals surface area contributed by atoms with E-state index in [1.807, 2.05) is 55.5 Å². The number of rotatable bonds is 3. The van der Waals surface area contributed by atoms with Crippen LogP contribution in [0.15, 0.2) is 77.6 Å². The molecule has 0 aliphatic carbocycles. The van der Waals surface area contributed by atoms with Gasteiger partial charge in [0.15, 0.2) is 0 Å². The second-order valence-corrected chi connectivity index (χ2v) is 6.35. The Morgan fingerprint density at radius 2 is 1.70 bits per heavy atom. The molecule has 0 aliphatic heterocycles. The molecule has 1 aromatic heterocycles. The molecule has 1 heterocycles. The van der Waals surface area contributed by atoms with Crippen LogP contribution in [0.3, 0.4) is 0 Å². The molecule has 0 spiro atoms. The van der Waals surface area contributed by atoms with Crippen molar-refractivity contribution in [2.24, 2.45) is 0 Å². The van der Waals surface area contributed by atoms with Crippen LogP contribution in [0.2, 0.25) is 0 Å². The lowest BCUT2D eigenvalue weighted by atomic mass is 10.2. The van der Waals surface area contributed by atoms with Crippen LogP contribution in [0.5, 0.6) is 0 Å². The van der Waals surface area contributed by atoms with Crippen LogP contribution in [0.25, 0.3) is 28.7 Å². The molecular formula is C23H17FN2O. The zero-order valence-electron chi connectivity index (χ0n) is 14.8. The molecule has 4 rings (SSSR count). The molecule has 0 radical (unpaired) electrons. The summed E-state index contributed by atoms with van der Waals surface area (Å²) in [5, 5.41) is 0.568. The van der Waals surface area contributed by atoms with Gasteiger partial charge in [-0.25, -0.2) is 9.37 Å². The Morgan fingerprint density at radius 1 is 0.926 bits per heavy atom.